The first-order valence-corrected chi connectivity index (χ1v) is 10.4. The van der Waals surface area contributed by atoms with Gasteiger partial charge in [0.2, 0.25) is 0 Å². The molecule has 2 aliphatic carbocycles. The maximum atomic E-state index is 14.1. The van der Waals surface area contributed by atoms with Gasteiger partial charge in [-0.1, -0.05) is 12.2 Å². The number of anilines is 1. The van der Waals surface area contributed by atoms with Crippen molar-refractivity contribution >= 4 is 16.9 Å². The van der Waals surface area contributed by atoms with Gasteiger partial charge < -0.3 is 19.8 Å². The summed E-state index contributed by atoms with van der Waals surface area (Å²) in [6.07, 6.45) is 9.79. The van der Waals surface area contributed by atoms with E-state index in [2.05, 4.69) is 38.5 Å². The largest absolute Gasteiger partial charge is 0.495 e. The van der Waals surface area contributed by atoms with E-state index in [9.17, 15) is 4.39 Å². The first-order valence-electron chi connectivity index (χ1n) is 10.4. The molecule has 2 N–H and O–H groups in total. The molecule has 1 aliphatic heterocycles. The summed E-state index contributed by atoms with van der Waals surface area (Å²) in [5.41, 5.74) is 1.73. The lowest BCUT2D eigenvalue weighted by atomic mass is 9.92. The fourth-order valence-electron chi connectivity index (χ4n) is 4.03. The zero-order chi connectivity index (χ0) is 20.0. The average Bonchev–Trinajstić information content (AvgIpc) is 3.45. The third kappa shape index (κ3) is 3.88. The first-order chi connectivity index (χ1) is 14.0. The molecular weight excluding hydrogens is 371 g/mol. The number of alkyl halides is 1. The average molecular weight is 400 g/mol. The highest BCUT2D eigenvalue weighted by atomic mass is 19.1. The number of aromatic nitrogens is 3. The molecule has 0 bridgehead atoms. The smallest absolute Gasteiger partial charge is 0.143 e. The summed E-state index contributed by atoms with van der Waals surface area (Å²) in [6.45, 7) is 3.46. The summed E-state index contributed by atoms with van der Waals surface area (Å²) in [6, 6.07) is 2.00. The minimum atomic E-state index is -1.40. The molecule has 29 heavy (non-hydrogen) atoms. The predicted octanol–water partition coefficient (Wildman–Crippen LogP) is 4.63. The molecule has 156 valence electrons. The van der Waals surface area contributed by atoms with Crippen molar-refractivity contribution in [2.45, 2.75) is 63.3 Å². The van der Waals surface area contributed by atoms with E-state index < -0.39 is 5.67 Å². The minimum Gasteiger partial charge on any atom is -0.495 e. The number of allylic oxidation sites excluding steroid dienone is 2. The monoisotopic (exact) mass is 400 g/mol. The van der Waals surface area contributed by atoms with Crippen LogP contribution < -0.4 is 5.32 Å². The second-order valence-electron chi connectivity index (χ2n) is 8.80. The van der Waals surface area contributed by atoms with Crippen LogP contribution in [-0.4, -0.2) is 46.0 Å². The van der Waals surface area contributed by atoms with Crippen LogP contribution in [0.1, 0.15) is 52.6 Å². The van der Waals surface area contributed by atoms with E-state index in [0.29, 0.717) is 12.5 Å². The van der Waals surface area contributed by atoms with Crippen molar-refractivity contribution in [2.75, 3.05) is 18.5 Å². The van der Waals surface area contributed by atoms with Crippen molar-refractivity contribution in [3.8, 4) is 0 Å². The van der Waals surface area contributed by atoms with Gasteiger partial charge in [0.05, 0.1) is 18.0 Å². The Hall–Kier alpha value is -2.41. The van der Waals surface area contributed by atoms with Crippen LogP contribution in [-0.2, 0) is 9.47 Å². The lowest BCUT2D eigenvalue weighted by Gasteiger charge is -2.37. The molecule has 0 amide bonds. The molecule has 5 rings (SSSR count). The molecule has 1 fully saturated rings. The molecule has 0 aromatic carbocycles. The van der Waals surface area contributed by atoms with Crippen LogP contribution in [0.4, 0.5) is 10.2 Å². The molecule has 1 saturated carbocycles. The molecule has 3 heterocycles. The zero-order valence-electron chi connectivity index (χ0n) is 16.9. The number of hydrogen-bond donors (Lipinski definition) is 2. The van der Waals surface area contributed by atoms with Crippen molar-refractivity contribution < 1.29 is 15.3 Å². The summed E-state index contributed by atoms with van der Waals surface area (Å²) in [5, 5.41) is 4.55. The number of halogens is 1. The number of nitrogens with one attached hydrogen (secondary N) is 2. The Morgan fingerprint density at radius 1 is 1.38 bits per heavy atom. The van der Waals surface area contributed by atoms with Crippen molar-refractivity contribution in [3.05, 3.63) is 41.6 Å². The second kappa shape index (κ2) is 7.13. The van der Waals surface area contributed by atoms with E-state index in [4.69, 9.17) is 9.47 Å². The molecule has 2 aromatic rings. The van der Waals surface area contributed by atoms with Gasteiger partial charge in [0.1, 0.15) is 41.9 Å². The molecule has 0 unspecified atom stereocenters. The van der Waals surface area contributed by atoms with Crippen LogP contribution in [0.15, 0.2) is 35.9 Å². The summed E-state index contributed by atoms with van der Waals surface area (Å²) in [5.74, 6) is 2.37. The quantitative estimate of drug-likeness (QED) is 0.740. The molecule has 6 nitrogen and oxygen atoms in total. The Bertz CT molecular complexity index is 977. The van der Waals surface area contributed by atoms with Crippen LogP contribution in [0.2, 0.25) is 0 Å². The fourth-order valence-corrected chi connectivity index (χ4v) is 4.03. The van der Waals surface area contributed by atoms with E-state index in [1.54, 1.807) is 6.33 Å². The maximum Gasteiger partial charge on any atom is 0.143 e. The van der Waals surface area contributed by atoms with E-state index in [1.807, 2.05) is 0 Å². The van der Waals surface area contributed by atoms with Gasteiger partial charge in [-0.3, -0.25) is 0 Å². The summed E-state index contributed by atoms with van der Waals surface area (Å²) >= 11 is 0. The third-order valence-electron chi connectivity index (χ3n) is 5.68. The Balaban J connectivity index is 0.00000218. The number of aromatic amines is 1. The van der Waals surface area contributed by atoms with Crippen LogP contribution in [0.25, 0.3) is 11.0 Å². The van der Waals surface area contributed by atoms with Gasteiger partial charge in [0.15, 0.2) is 0 Å². The number of hydrogen-bond acceptors (Lipinski definition) is 5. The number of fused-ring (bicyclic) bond motifs is 1. The Kier molecular flexibility index (Phi) is 4.57. The summed E-state index contributed by atoms with van der Waals surface area (Å²) < 4.78 is 26.0. The number of rotatable bonds is 6. The van der Waals surface area contributed by atoms with Gasteiger partial charge >= 0.3 is 0 Å². The van der Waals surface area contributed by atoms with Crippen molar-refractivity contribution in [1.82, 2.24) is 15.0 Å². The van der Waals surface area contributed by atoms with Gasteiger partial charge in [-0.05, 0) is 45.1 Å². The maximum absolute atomic E-state index is 14.1. The summed E-state index contributed by atoms with van der Waals surface area (Å²) in [7, 11) is 0. The number of nitrogens with zero attached hydrogens (tertiary/aromatic N) is 2. The highest BCUT2D eigenvalue weighted by Gasteiger charge is 2.35. The number of H-pyrrole nitrogens is 1. The van der Waals surface area contributed by atoms with Crippen LogP contribution >= 0.6 is 0 Å². The van der Waals surface area contributed by atoms with Crippen molar-refractivity contribution in [2.24, 2.45) is 0 Å². The SMILES string of the molecule is CC(C)(F)CO[C@H]1COC2=C(C=CCC2)[C@@H]1Nc1ncnc2[nH]c(C3CC3)cc12.[HH]. The first kappa shape index (κ1) is 18.6. The standard InChI is InChI=1S/C22H27FN4O2.H2/c1-22(2,23)11-29-18-10-28-17-6-4-3-5-14(17)19(18)27-21-15-9-16(13-7-8-13)26-20(15)24-12-25-21;/h3,5,9,12-13,18-19H,4,6-8,10-11H2,1-2H3,(H2,24,25,26,27);1H/t18-,19-;/m0./s1. The highest BCUT2D eigenvalue weighted by Crippen LogP contribution is 2.41. The van der Waals surface area contributed by atoms with E-state index in [1.165, 1.54) is 32.4 Å². The third-order valence-corrected chi connectivity index (χ3v) is 5.68. The van der Waals surface area contributed by atoms with Gasteiger partial charge in [-0.25, -0.2) is 14.4 Å². The van der Waals surface area contributed by atoms with Gasteiger partial charge in [0, 0.05) is 19.1 Å². The van der Waals surface area contributed by atoms with Crippen molar-refractivity contribution in [1.29, 1.82) is 0 Å². The predicted molar refractivity (Wildman–Crippen MR) is 112 cm³/mol. The summed E-state index contributed by atoms with van der Waals surface area (Å²) in [4.78, 5) is 12.3. The molecule has 2 aromatic heterocycles. The Morgan fingerprint density at radius 3 is 3.03 bits per heavy atom. The Labute approximate surface area is 171 Å². The Morgan fingerprint density at radius 2 is 2.24 bits per heavy atom. The van der Waals surface area contributed by atoms with Crippen molar-refractivity contribution in [3.63, 3.8) is 0 Å². The zero-order valence-corrected chi connectivity index (χ0v) is 16.9. The molecule has 0 saturated heterocycles. The molecule has 2 atom stereocenters. The lowest BCUT2D eigenvalue weighted by Crippen LogP contribution is -2.46. The van der Waals surface area contributed by atoms with E-state index in [-0.39, 0.29) is 20.2 Å². The minimum absolute atomic E-state index is 0. The molecule has 0 radical (unpaired) electrons. The van der Waals surface area contributed by atoms with E-state index in [0.717, 1.165) is 41.0 Å². The van der Waals surface area contributed by atoms with Gasteiger partial charge in [0.25, 0.3) is 0 Å². The fraction of sp³-hybridized carbons (Fsp3) is 0.545. The van der Waals surface area contributed by atoms with Gasteiger partial charge in [-0.2, -0.15) is 0 Å². The topological polar surface area (TPSA) is 72.1 Å². The lowest BCUT2D eigenvalue weighted by molar-refractivity contribution is -0.0538. The number of ether oxygens (including phenoxy) is 2. The molecular formula is C22H29FN4O2. The normalized spacial score (nSPS) is 24.5. The molecule has 7 heteroatoms. The second-order valence-corrected chi connectivity index (χ2v) is 8.80. The van der Waals surface area contributed by atoms with Crippen LogP contribution in [0, 0.1) is 0 Å². The van der Waals surface area contributed by atoms with Crippen LogP contribution in [0.3, 0.4) is 0 Å². The molecule has 0 spiro atoms. The highest BCUT2D eigenvalue weighted by molar-refractivity contribution is 5.88. The molecule has 3 aliphatic rings. The van der Waals surface area contributed by atoms with Gasteiger partial charge in [-0.15, -0.1) is 0 Å². The van der Waals surface area contributed by atoms with E-state index >= 15 is 0 Å². The van der Waals surface area contributed by atoms with Crippen LogP contribution in [0.5, 0.6) is 0 Å².